The van der Waals surface area contributed by atoms with E-state index in [0.29, 0.717) is 22.9 Å². The Morgan fingerprint density at radius 1 is 1.31 bits per heavy atom. The van der Waals surface area contributed by atoms with Crippen LogP contribution in [0.1, 0.15) is 42.5 Å². The number of rotatable bonds is 7. The van der Waals surface area contributed by atoms with Crippen molar-refractivity contribution in [1.82, 2.24) is 19.7 Å². The number of amides is 1. The van der Waals surface area contributed by atoms with Gasteiger partial charge < -0.3 is 4.74 Å². The van der Waals surface area contributed by atoms with Crippen molar-refractivity contribution >= 4 is 45.0 Å². The average molecular weight is 482 g/mol. The first-order valence-corrected chi connectivity index (χ1v) is 11.5. The number of morpholine rings is 1. The highest BCUT2D eigenvalue weighted by Gasteiger charge is 2.25. The SMILES string of the molecule is Cc1cc(C(=O)N(CCCN2CCOCC2)c2nc3c(F)cccc3s2)nn1C(C)C.Cl. The van der Waals surface area contributed by atoms with E-state index >= 15 is 0 Å². The Kier molecular flexibility index (Phi) is 8.21. The smallest absolute Gasteiger partial charge is 0.280 e. The first-order valence-electron chi connectivity index (χ1n) is 10.7. The van der Waals surface area contributed by atoms with Crippen LogP contribution in [0.5, 0.6) is 0 Å². The van der Waals surface area contributed by atoms with Crippen molar-refractivity contribution in [3.63, 3.8) is 0 Å². The molecule has 0 spiro atoms. The molecule has 10 heteroatoms. The van der Waals surface area contributed by atoms with Crippen molar-refractivity contribution in [2.75, 3.05) is 44.3 Å². The fourth-order valence-corrected chi connectivity index (χ4v) is 4.84. The molecule has 3 heterocycles. The minimum Gasteiger partial charge on any atom is -0.379 e. The lowest BCUT2D eigenvalue weighted by Gasteiger charge is -2.27. The molecule has 1 aromatic carbocycles. The lowest BCUT2D eigenvalue weighted by atomic mass is 10.3. The van der Waals surface area contributed by atoms with E-state index in [2.05, 4.69) is 15.0 Å². The molecular formula is C22H29ClFN5O2S. The predicted octanol–water partition coefficient (Wildman–Crippen LogP) is 4.31. The molecule has 1 fully saturated rings. The van der Waals surface area contributed by atoms with Crippen LogP contribution in [-0.2, 0) is 4.74 Å². The molecule has 0 atom stereocenters. The predicted molar refractivity (Wildman–Crippen MR) is 128 cm³/mol. The summed E-state index contributed by atoms with van der Waals surface area (Å²) in [4.78, 5) is 21.9. The highest BCUT2D eigenvalue weighted by molar-refractivity contribution is 7.22. The van der Waals surface area contributed by atoms with Gasteiger partial charge in [-0.15, -0.1) is 12.4 Å². The van der Waals surface area contributed by atoms with Crippen molar-refractivity contribution in [3.05, 3.63) is 41.5 Å². The van der Waals surface area contributed by atoms with Crippen LogP contribution >= 0.6 is 23.7 Å². The second-order valence-electron chi connectivity index (χ2n) is 8.06. The van der Waals surface area contributed by atoms with Gasteiger partial charge in [0, 0.05) is 37.9 Å². The zero-order valence-corrected chi connectivity index (χ0v) is 20.2. The minimum atomic E-state index is -0.374. The fourth-order valence-electron chi connectivity index (χ4n) is 3.83. The molecule has 0 bridgehead atoms. The molecule has 0 aliphatic carbocycles. The first kappa shape index (κ1) is 24.6. The molecule has 1 aliphatic heterocycles. The van der Waals surface area contributed by atoms with E-state index in [1.165, 1.54) is 17.4 Å². The summed E-state index contributed by atoms with van der Waals surface area (Å²) < 4.78 is 22.2. The zero-order chi connectivity index (χ0) is 22.0. The molecule has 0 saturated carbocycles. The molecule has 1 saturated heterocycles. The van der Waals surface area contributed by atoms with Crippen LogP contribution in [0.2, 0.25) is 0 Å². The molecule has 2 aromatic heterocycles. The Morgan fingerprint density at radius 2 is 2.06 bits per heavy atom. The molecule has 0 radical (unpaired) electrons. The summed E-state index contributed by atoms with van der Waals surface area (Å²) in [6.07, 6.45) is 0.786. The number of ether oxygens (including phenoxy) is 1. The Morgan fingerprint density at radius 3 is 2.72 bits per heavy atom. The third kappa shape index (κ3) is 5.28. The number of hydrogen-bond donors (Lipinski definition) is 0. The van der Waals surface area contributed by atoms with E-state index < -0.39 is 0 Å². The number of thiazole rings is 1. The number of aryl methyl sites for hydroxylation is 1. The maximum atomic E-state index is 14.2. The number of para-hydroxylation sites is 1. The monoisotopic (exact) mass is 481 g/mol. The summed E-state index contributed by atoms with van der Waals surface area (Å²) in [5.74, 6) is -0.579. The summed E-state index contributed by atoms with van der Waals surface area (Å²) in [5, 5.41) is 5.03. The van der Waals surface area contributed by atoms with Crippen LogP contribution in [0.4, 0.5) is 9.52 Å². The summed E-state index contributed by atoms with van der Waals surface area (Å²) in [6.45, 7) is 10.7. The summed E-state index contributed by atoms with van der Waals surface area (Å²) in [7, 11) is 0. The van der Waals surface area contributed by atoms with Gasteiger partial charge in [0.05, 0.1) is 17.9 Å². The van der Waals surface area contributed by atoms with Gasteiger partial charge >= 0.3 is 0 Å². The van der Waals surface area contributed by atoms with Crippen LogP contribution < -0.4 is 4.90 Å². The van der Waals surface area contributed by atoms with Crippen molar-refractivity contribution < 1.29 is 13.9 Å². The molecule has 7 nitrogen and oxygen atoms in total. The molecule has 0 unspecified atom stereocenters. The third-order valence-electron chi connectivity index (χ3n) is 5.42. The molecule has 0 N–H and O–H groups in total. The number of carbonyl (C=O) groups excluding carboxylic acids is 1. The number of fused-ring (bicyclic) bond motifs is 1. The maximum Gasteiger partial charge on any atom is 0.280 e. The molecule has 1 amide bonds. The Bertz CT molecular complexity index is 1060. The van der Waals surface area contributed by atoms with E-state index in [1.807, 2.05) is 37.6 Å². The topological polar surface area (TPSA) is 63.5 Å². The molecule has 32 heavy (non-hydrogen) atoms. The van der Waals surface area contributed by atoms with Gasteiger partial charge in [-0.3, -0.25) is 19.3 Å². The van der Waals surface area contributed by atoms with E-state index in [9.17, 15) is 9.18 Å². The maximum absolute atomic E-state index is 14.2. The van der Waals surface area contributed by atoms with Crippen molar-refractivity contribution in [1.29, 1.82) is 0 Å². The summed E-state index contributed by atoms with van der Waals surface area (Å²) in [5.41, 5.74) is 1.62. The van der Waals surface area contributed by atoms with Crippen LogP contribution in [0.3, 0.4) is 0 Å². The number of anilines is 1. The van der Waals surface area contributed by atoms with Gasteiger partial charge in [-0.1, -0.05) is 17.4 Å². The average Bonchev–Trinajstić information content (AvgIpc) is 3.36. The van der Waals surface area contributed by atoms with Crippen LogP contribution in [0, 0.1) is 12.7 Å². The highest BCUT2D eigenvalue weighted by atomic mass is 35.5. The zero-order valence-electron chi connectivity index (χ0n) is 18.6. The number of aromatic nitrogens is 3. The van der Waals surface area contributed by atoms with Gasteiger partial charge in [-0.2, -0.15) is 5.10 Å². The standard InChI is InChI=1S/C22H28FN5O2S.ClH/c1-15(2)28-16(3)14-18(25-28)21(29)27(9-5-8-26-10-12-30-13-11-26)22-24-20-17(23)6-4-7-19(20)31-22;/h4,6-7,14-15H,5,8-13H2,1-3H3;1H. The van der Waals surface area contributed by atoms with Crippen molar-refractivity contribution in [2.24, 2.45) is 0 Å². The highest BCUT2D eigenvalue weighted by Crippen LogP contribution is 2.31. The van der Waals surface area contributed by atoms with Crippen molar-refractivity contribution in [2.45, 2.75) is 33.2 Å². The lowest BCUT2D eigenvalue weighted by Crippen LogP contribution is -2.39. The van der Waals surface area contributed by atoms with E-state index in [4.69, 9.17) is 4.74 Å². The quantitative estimate of drug-likeness (QED) is 0.503. The normalized spacial score (nSPS) is 14.7. The summed E-state index contributed by atoms with van der Waals surface area (Å²) in [6, 6.07) is 6.86. The minimum absolute atomic E-state index is 0. The molecule has 174 valence electrons. The van der Waals surface area contributed by atoms with Gasteiger partial charge in [-0.05, 0) is 45.4 Å². The van der Waals surface area contributed by atoms with E-state index in [-0.39, 0.29) is 30.2 Å². The van der Waals surface area contributed by atoms with E-state index in [0.717, 1.165) is 49.7 Å². The second kappa shape index (κ2) is 10.7. The number of hydrogen-bond acceptors (Lipinski definition) is 6. The Labute approximate surface area is 197 Å². The summed E-state index contributed by atoms with van der Waals surface area (Å²) >= 11 is 1.33. The van der Waals surface area contributed by atoms with Gasteiger partial charge in [0.1, 0.15) is 11.3 Å². The molecule has 3 aromatic rings. The van der Waals surface area contributed by atoms with Gasteiger partial charge in [0.25, 0.3) is 5.91 Å². The Balaban J connectivity index is 0.00000289. The molecule has 1 aliphatic rings. The van der Waals surface area contributed by atoms with Crippen LogP contribution in [0.15, 0.2) is 24.3 Å². The fraction of sp³-hybridized carbons (Fsp3) is 0.500. The number of benzene rings is 1. The number of nitrogens with zero attached hydrogens (tertiary/aromatic N) is 5. The largest absolute Gasteiger partial charge is 0.379 e. The number of halogens is 2. The van der Waals surface area contributed by atoms with Gasteiger partial charge in [0.15, 0.2) is 10.8 Å². The first-order chi connectivity index (χ1) is 14.9. The molecule has 4 rings (SSSR count). The van der Waals surface area contributed by atoms with E-state index in [1.54, 1.807) is 11.0 Å². The van der Waals surface area contributed by atoms with Crippen molar-refractivity contribution in [3.8, 4) is 0 Å². The second-order valence-corrected chi connectivity index (χ2v) is 9.07. The molecular weight excluding hydrogens is 453 g/mol. The third-order valence-corrected chi connectivity index (χ3v) is 6.47. The van der Waals surface area contributed by atoms with Crippen LogP contribution in [-0.4, -0.2) is 65.0 Å². The number of carbonyl (C=O) groups is 1. The van der Waals surface area contributed by atoms with Gasteiger partial charge in [0.2, 0.25) is 0 Å². The lowest BCUT2D eigenvalue weighted by molar-refractivity contribution is 0.0376. The van der Waals surface area contributed by atoms with Crippen LogP contribution in [0.25, 0.3) is 10.2 Å². The van der Waals surface area contributed by atoms with Gasteiger partial charge in [-0.25, -0.2) is 9.37 Å². The Hall–Kier alpha value is -2.07.